The van der Waals surface area contributed by atoms with Crippen LogP contribution in [0.15, 0.2) is 24.3 Å². The van der Waals surface area contributed by atoms with Gasteiger partial charge in [-0.05, 0) is 12.8 Å². The molecule has 0 N–H and O–H groups in total. The molecule has 0 aromatic heterocycles. The molecule has 0 aliphatic heterocycles. The minimum absolute atomic E-state index is 0.528. The van der Waals surface area contributed by atoms with Crippen molar-refractivity contribution in [3.05, 3.63) is 24.3 Å². The molecule has 0 radical (unpaired) electrons. The molecule has 13 heavy (non-hydrogen) atoms. The predicted octanol–water partition coefficient (Wildman–Crippen LogP) is 3.66. The Morgan fingerprint density at radius 1 is 1.00 bits per heavy atom. The molecule has 0 aliphatic rings. The zero-order valence-corrected chi connectivity index (χ0v) is 8.54. The summed E-state index contributed by atoms with van der Waals surface area (Å²) in [6.45, 7) is 2.22. The number of unbranched alkanes of at least 4 members (excludes halogenated alkanes) is 4. The SMILES string of the molecule is CCCCCCC=CC=CCC=O. The maximum Gasteiger partial charge on any atom is 0.123 e. The van der Waals surface area contributed by atoms with Crippen LogP contribution >= 0.6 is 0 Å². The average molecular weight is 180 g/mol. The lowest BCUT2D eigenvalue weighted by atomic mass is 10.1. The molecule has 0 aromatic rings. The standard InChI is InChI=1S/C12H20O/c1-2-3-4-5-6-7-8-9-10-11-12-13/h7-10,12H,2-6,11H2,1H3. The molecule has 0 saturated heterocycles. The van der Waals surface area contributed by atoms with Crippen molar-refractivity contribution in [1.29, 1.82) is 0 Å². The van der Waals surface area contributed by atoms with Gasteiger partial charge in [0.05, 0.1) is 0 Å². The second-order valence-corrected chi connectivity index (χ2v) is 3.11. The average Bonchev–Trinajstić information content (AvgIpc) is 2.16. The van der Waals surface area contributed by atoms with Gasteiger partial charge in [0.1, 0.15) is 6.29 Å². The lowest BCUT2D eigenvalue weighted by Crippen LogP contribution is -1.73. The molecule has 0 bridgehead atoms. The zero-order valence-electron chi connectivity index (χ0n) is 8.54. The first-order valence-corrected chi connectivity index (χ1v) is 5.17. The van der Waals surface area contributed by atoms with Crippen LogP contribution in [0.25, 0.3) is 0 Å². The third kappa shape index (κ3) is 11.1. The summed E-state index contributed by atoms with van der Waals surface area (Å²) in [4.78, 5) is 9.94. The summed E-state index contributed by atoms with van der Waals surface area (Å²) in [5.74, 6) is 0. The molecule has 0 unspecified atom stereocenters. The summed E-state index contributed by atoms with van der Waals surface area (Å²) in [7, 11) is 0. The largest absolute Gasteiger partial charge is 0.303 e. The molecule has 0 atom stereocenters. The van der Waals surface area contributed by atoms with Crippen LogP contribution in [-0.4, -0.2) is 6.29 Å². The Labute approximate surface area is 81.5 Å². The van der Waals surface area contributed by atoms with Gasteiger partial charge in [-0.15, -0.1) is 0 Å². The summed E-state index contributed by atoms with van der Waals surface area (Å²) in [5.41, 5.74) is 0. The summed E-state index contributed by atoms with van der Waals surface area (Å²) in [6.07, 6.45) is 15.8. The number of hydrogen-bond donors (Lipinski definition) is 0. The van der Waals surface area contributed by atoms with E-state index in [4.69, 9.17) is 0 Å². The second kappa shape index (κ2) is 11.2. The van der Waals surface area contributed by atoms with Crippen LogP contribution in [-0.2, 0) is 4.79 Å². The molecule has 0 fully saturated rings. The van der Waals surface area contributed by atoms with Gasteiger partial charge >= 0.3 is 0 Å². The number of allylic oxidation sites excluding steroid dienone is 4. The fraction of sp³-hybridized carbons (Fsp3) is 0.583. The van der Waals surface area contributed by atoms with Gasteiger partial charge in [-0.25, -0.2) is 0 Å². The molecule has 0 rings (SSSR count). The first kappa shape index (κ1) is 12.2. The van der Waals surface area contributed by atoms with E-state index >= 15 is 0 Å². The van der Waals surface area contributed by atoms with Crippen molar-refractivity contribution in [2.45, 2.75) is 45.4 Å². The molecule has 0 aromatic carbocycles. The fourth-order valence-electron chi connectivity index (χ4n) is 1.08. The van der Waals surface area contributed by atoms with Crippen molar-refractivity contribution in [2.24, 2.45) is 0 Å². The van der Waals surface area contributed by atoms with E-state index in [2.05, 4.69) is 13.0 Å². The molecule has 74 valence electrons. The summed E-state index contributed by atoms with van der Waals surface area (Å²) < 4.78 is 0. The Kier molecular flexibility index (Phi) is 10.4. The molecule has 0 spiro atoms. The molecule has 0 saturated carbocycles. The number of carbonyl (C=O) groups is 1. The van der Waals surface area contributed by atoms with Gasteiger partial charge in [-0.3, -0.25) is 0 Å². The smallest absolute Gasteiger partial charge is 0.123 e. The number of hydrogen-bond acceptors (Lipinski definition) is 1. The summed E-state index contributed by atoms with van der Waals surface area (Å²) in [6, 6.07) is 0. The zero-order chi connectivity index (χ0) is 9.78. The number of rotatable bonds is 8. The Balaban J connectivity index is 3.16. The highest BCUT2D eigenvalue weighted by molar-refractivity contribution is 5.52. The van der Waals surface area contributed by atoms with E-state index in [9.17, 15) is 4.79 Å². The normalized spacial score (nSPS) is 11.5. The van der Waals surface area contributed by atoms with E-state index in [1.165, 1.54) is 25.7 Å². The van der Waals surface area contributed by atoms with E-state index in [1.807, 2.05) is 18.2 Å². The first-order chi connectivity index (χ1) is 6.41. The van der Waals surface area contributed by atoms with Crippen LogP contribution < -0.4 is 0 Å². The van der Waals surface area contributed by atoms with Crippen LogP contribution in [0.2, 0.25) is 0 Å². The van der Waals surface area contributed by atoms with Crippen LogP contribution in [0.1, 0.15) is 45.4 Å². The van der Waals surface area contributed by atoms with Crippen molar-refractivity contribution >= 4 is 6.29 Å². The highest BCUT2D eigenvalue weighted by Gasteiger charge is 1.82. The second-order valence-electron chi connectivity index (χ2n) is 3.11. The Hall–Kier alpha value is -0.850. The van der Waals surface area contributed by atoms with Crippen LogP contribution in [0.5, 0.6) is 0 Å². The van der Waals surface area contributed by atoms with Gasteiger partial charge in [-0.2, -0.15) is 0 Å². The highest BCUT2D eigenvalue weighted by Crippen LogP contribution is 2.02. The lowest BCUT2D eigenvalue weighted by Gasteiger charge is -1.92. The predicted molar refractivity (Wildman–Crippen MR) is 57.7 cm³/mol. The Bertz CT molecular complexity index is 157. The van der Waals surface area contributed by atoms with E-state index in [-0.39, 0.29) is 0 Å². The minimum atomic E-state index is 0.528. The monoisotopic (exact) mass is 180 g/mol. The molecule has 0 amide bonds. The van der Waals surface area contributed by atoms with E-state index in [1.54, 1.807) is 0 Å². The van der Waals surface area contributed by atoms with Gasteiger partial charge in [-0.1, -0.05) is 50.5 Å². The van der Waals surface area contributed by atoms with Crippen LogP contribution in [0, 0.1) is 0 Å². The third-order valence-electron chi connectivity index (χ3n) is 1.84. The molecule has 1 heteroatoms. The quantitative estimate of drug-likeness (QED) is 0.316. The van der Waals surface area contributed by atoms with Crippen LogP contribution in [0.4, 0.5) is 0 Å². The van der Waals surface area contributed by atoms with E-state index in [0.29, 0.717) is 6.42 Å². The molecule has 1 nitrogen and oxygen atoms in total. The molecular weight excluding hydrogens is 160 g/mol. The molecular formula is C12H20O. The maximum atomic E-state index is 9.94. The van der Waals surface area contributed by atoms with Crippen molar-refractivity contribution < 1.29 is 4.79 Å². The first-order valence-electron chi connectivity index (χ1n) is 5.17. The van der Waals surface area contributed by atoms with Crippen molar-refractivity contribution in [3.8, 4) is 0 Å². The Morgan fingerprint density at radius 3 is 2.46 bits per heavy atom. The minimum Gasteiger partial charge on any atom is -0.303 e. The van der Waals surface area contributed by atoms with Gasteiger partial charge in [0.25, 0.3) is 0 Å². The molecule has 0 aliphatic carbocycles. The molecule has 0 heterocycles. The highest BCUT2D eigenvalue weighted by atomic mass is 16.1. The lowest BCUT2D eigenvalue weighted by molar-refractivity contribution is -0.107. The maximum absolute atomic E-state index is 9.94. The summed E-state index contributed by atoms with van der Waals surface area (Å²) in [5, 5.41) is 0. The van der Waals surface area contributed by atoms with Crippen molar-refractivity contribution in [2.75, 3.05) is 0 Å². The fourth-order valence-corrected chi connectivity index (χ4v) is 1.08. The number of aldehydes is 1. The van der Waals surface area contributed by atoms with Crippen LogP contribution in [0.3, 0.4) is 0 Å². The van der Waals surface area contributed by atoms with Gasteiger partial charge in [0, 0.05) is 6.42 Å². The number of carbonyl (C=O) groups excluding carboxylic acids is 1. The van der Waals surface area contributed by atoms with Gasteiger partial charge in [0.15, 0.2) is 0 Å². The summed E-state index contributed by atoms with van der Waals surface area (Å²) >= 11 is 0. The van der Waals surface area contributed by atoms with Crippen molar-refractivity contribution in [1.82, 2.24) is 0 Å². The van der Waals surface area contributed by atoms with E-state index < -0.39 is 0 Å². The van der Waals surface area contributed by atoms with Gasteiger partial charge in [0.2, 0.25) is 0 Å². The topological polar surface area (TPSA) is 17.1 Å². The third-order valence-corrected chi connectivity index (χ3v) is 1.84. The Morgan fingerprint density at radius 2 is 1.77 bits per heavy atom. The van der Waals surface area contributed by atoms with E-state index in [0.717, 1.165) is 12.7 Å². The van der Waals surface area contributed by atoms with Crippen molar-refractivity contribution in [3.63, 3.8) is 0 Å². The van der Waals surface area contributed by atoms with Gasteiger partial charge < -0.3 is 4.79 Å².